The molecule has 0 amide bonds. The molecule has 0 atom stereocenters. The van der Waals surface area contributed by atoms with Crippen LogP contribution < -0.4 is 10.2 Å². The molecule has 1 aliphatic carbocycles. The molecule has 1 aromatic rings. The molecule has 1 fully saturated rings. The number of nitrogens with zero attached hydrogens (tertiary/aromatic N) is 1. The fraction of sp³-hybridized carbons (Fsp3) is 0.600. The molecule has 0 aromatic heterocycles. The van der Waals surface area contributed by atoms with Gasteiger partial charge in [0.25, 0.3) is 0 Å². The van der Waals surface area contributed by atoms with E-state index in [4.69, 9.17) is 0 Å². The highest BCUT2D eigenvalue weighted by atomic mass is 19.1. The third-order valence-electron chi connectivity index (χ3n) is 4.12. The van der Waals surface area contributed by atoms with Crippen molar-refractivity contribution in [3.63, 3.8) is 0 Å². The molecule has 100 valence electrons. The molecule has 0 radical (unpaired) electrons. The fourth-order valence-corrected chi connectivity index (χ4v) is 2.90. The molecule has 18 heavy (non-hydrogen) atoms. The third kappa shape index (κ3) is 2.66. The maximum Gasteiger partial charge on any atom is 0.126 e. The Balaban J connectivity index is 2.06. The third-order valence-corrected chi connectivity index (χ3v) is 4.12. The Hall–Kier alpha value is -1.09. The summed E-state index contributed by atoms with van der Waals surface area (Å²) < 4.78 is 13.3. The van der Waals surface area contributed by atoms with Crippen LogP contribution in [-0.4, -0.2) is 27.2 Å². The Morgan fingerprint density at radius 3 is 2.61 bits per heavy atom. The minimum Gasteiger partial charge on any atom is -0.374 e. The lowest BCUT2D eigenvalue weighted by molar-refractivity contribution is 0.143. The van der Waals surface area contributed by atoms with Crippen LogP contribution in [0.3, 0.4) is 0 Å². The molecular formula is C15H23FN2. The highest BCUT2D eigenvalue weighted by Crippen LogP contribution is 2.41. The molecule has 1 N–H and O–H groups in total. The molecule has 3 heteroatoms. The Morgan fingerprint density at radius 1 is 1.39 bits per heavy atom. The van der Waals surface area contributed by atoms with E-state index in [9.17, 15) is 4.39 Å². The van der Waals surface area contributed by atoms with Crippen LogP contribution in [0.1, 0.15) is 24.8 Å². The quantitative estimate of drug-likeness (QED) is 0.864. The van der Waals surface area contributed by atoms with Gasteiger partial charge in [0.05, 0.1) is 0 Å². The maximum absolute atomic E-state index is 13.3. The van der Waals surface area contributed by atoms with Gasteiger partial charge in [-0.1, -0.05) is 6.42 Å². The molecule has 0 saturated heterocycles. The Morgan fingerprint density at radius 2 is 2.11 bits per heavy atom. The highest BCUT2D eigenvalue weighted by Gasteiger charge is 2.37. The lowest BCUT2D eigenvalue weighted by atomic mass is 9.68. The van der Waals surface area contributed by atoms with E-state index in [1.807, 2.05) is 26.1 Å². The lowest BCUT2D eigenvalue weighted by Gasteiger charge is -2.45. The lowest BCUT2D eigenvalue weighted by Crippen LogP contribution is -2.47. The van der Waals surface area contributed by atoms with Crippen molar-refractivity contribution >= 4 is 5.69 Å². The molecule has 1 aromatic carbocycles. The first kappa shape index (κ1) is 13.3. The van der Waals surface area contributed by atoms with Gasteiger partial charge in [-0.15, -0.1) is 0 Å². The van der Waals surface area contributed by atoms with E-state index in [1.165, 1.54) is 19.3 Å². The predicted molar refractivity (Wildman–Crippen MR) is 74.6 cm³/mol. The van der Waals surface area contributed by atoms with Crippen LogP contribution in [0.5, 0.6) is 0 Å². The Kier molecular flexibility index (Phi) is 3.91. The predicted octanol–water partition coefficient (Wildman–Crippen LogP) is 2.96. The van der Waals surface area contributed by atoms with E-state index < -0.39 is 0 Å². The van der Waals surface area contributed by atoms with Crippen molar-refractivity contribution in [1.82, 2.24) is 5.32 Å². The molecule has 0 unspecified atom stereocenters. The zero-order chi connectivity index (χ0) is 13.2. The van der Waals surface area contributed by atoms with Crippen LogP contribution >= 0.6 is 0 Å². The number of halogens is 1. The van der Waals surface area contributed by atoms with Gasteiger partial charge in [-0.2, -0.15) is 0 Å². The largest absolute Gasteiger partial charge is 0.374 e. The monoisotopic (exact) mass is 250 g/mol. The number of anilines is 1. The van der Waals surface area contributed by atoms with Crippen molar-refractivity contribution < 1.29 is 4.39 Å². The molecule has 0 heterocycles. The van der Waals surface area contributed by atoms with E-state index in [2.05, 4.69) is 17.3 Å². The second kappa shape index (κ2) is 5.27. The first-order chi connectivity index (χ1) is 8.56. The molecule has 1 saturated carbocycles. The fourth-order valence-electron chi connectivity index (χ4n) is 2.90. The van der Waals surface area contributed by atoms with Crippen LogP contribution in [0.15, 0.2) is 18.2 Å². The molecule has 0 aliphatic heterocycles. The van der Waals surface area contributed by atoms with E-state index >= 15 is 0 Å². The minimum absolute atomic E-state index is 0.124. The van der Waals surface area contributed by atoms with Gasteiger partial charge in [0, 0.05) is 31.2 Å². The zero-order valence-electron chi connectivity index (χ0n) is 11.6. The summed E-state index contributed by atoms with van der Waals surface area (Å²) in [6.07, 6.45) is 3.91. The van der Waals surface area contributed by atoms with Crippen molar-refractivity contribution in [3.05, 3.63) is 29.6 Å². The van der Waals surface area contributed by atoms with Crippen LogP contribution in [0.4, 0.5) is 10.1 Å². The van der Waals surface area contributed by atoms with Crippen molar-refractivity contribution in [2.24, 2.45) is 5.41 Å². The van der Waals surface area contributed by atoms with Crippen LogP contribution in [0, 0.1) is 18.2 Å². The number of hydrogen-bond donors (Lipinski definition) is 1. The topological polar surface area (TPSA) is 15.3 Å². The van der Waals surface area contributed by atoms with Gasteiger partial charge >= 0.3 is 0 Å². The summed E-state index contributed by atoms with van der Waals surface area (Å²) in [6.45, 7) is 3.93. The van der Waals surface area contributed by atoms with E-state index in [1.54, 1.807) is 6.07 Å². The van der Waals surface area contributed by atoms with Gasteiger partial charge in [-0.25, -0.2) is 4.39 Å². The average Bonchev–Trinajstić information content (AvgIpc) is 2.30. The van der Waals surface area contributed by atoms with Gasteiger partial charge in [0.15, 0.2) is 0 Å². The second-order valence-electron chi connectivity index (χ2n) is 5.67. The van der Waals surface area contributed by atoms with Crippen molar-refractivity contribution in [2.45, 2.75) is 26.2 Å². The van der Waals surface area contributed by atoms with Gasteiger partial charge in [0.1, 0.15) is 5.82 Å². The summed E-state index contributed by atoms with van der Waals surface area (Å²) in [5, 5.41) is 3.30. The Labute approximate surface area is 109 Å². The number of nitrogens with one attached hydrogen (secondary N) is 1. The first-order valence-electron chi connectivity index (χ1n) is 6.68. The molecular weight excluding hydrogens is 227 g/mol. The first-order valence-corrected chi connectivity index (χ1v) is 6.68. The average molecular weight is 250 g/mol. The number of rotatable bonds is 5. The zero-order valence-corrected chi connectivity index (χ0v) is 11.6. The van der Waals surface area contributed by atoms with E-state index in [0.29, 0.717) is 5.41 Å². The van der Waals surface area contributed by atoms with Crippen LogP contribution in [0.25, 0.3) is 0 Å². The van der Waals surface area contributed by atoms with Crippen molar-refractivity contribution in [2.75, 3.05) is 32.1 Å². The number of aryl methyl sites for hydroxylation is 1. The van der Waals surface area contributed by atoms with Gasteiger partial charge in [-0.05, 0) is 50.6 Å². The standard InChI is InChI=1S/C15H23FN2/c1-12-9-13(5-6-14(12)16)18(3)11-15(10-17-2)7-4-8-15/h5-6,9,17H,4,7-8,10-11H2,1-3H3. The van der Waals surface area contributed by atoms with Gasteiger partial charge in [-0.3, -0.25) is 0 Å². The summed E-state index contributed by atoms with van der Waals surface area (Å²) in [4.78, 5) is 2.25. The summed E-state index contributed by atoms with van der Waals surface area (Å²) in [6, 6.07) is 5.36. The van der Waals surface area contributed by atoms with Crippen molar-refractivity contribution in [3.8, 4) is 0 Å². The highest BCUT2D eigenvalue weighted by molar-refractivity contribution is 5.48. The minimum atomic E-state index is -0.124. The number of benzene rings is 1. The summed E-state index contributed by atoms with van der Waals surface area (Å²) >= 11 is 0. The van der Waals surface area contributed by atoms with E-state index in [0.717, 1.165) is 24.3 Å². The molecule has 0 spiro atoms. The second-order valence-corrected chi connectivity index (χ2v) is 5.67. The molecule has 2 nitrogen and oxygen atoms in total. The smallest absolute Gasteiger partial charge is 0.126 e. The number of hydrogen-bond acceptors (Lipinski definition) is 2. The van der Waals surface area contributed by atoms with Gasteiger partial charge in [0.2, 0.25) is 0 Å². The van der Waals surface area contributed by atoms with E-state index in [-0.39, 0.29) is 5.82 Å². The molecule has 0 bridgehead atoms. The van der Waals surface area contributed by atoms with Crippen LogP contribution in [-0.2, 0) is 0 Å². The summed E-state index contributed by atoms with van der Waals surface area (Å²) in [7, 11) is 4.12. The van der Waals surface area contributed by atoms with Crippen LogP contribution in [0.2, 0.25) is 0 Å². The van der Waals surface area contributed by atoms with Gasteiger partial charge < -0.3 is 10.2 Å². The summed E-state index contributed by atoms with van der Waals surface area (Å²) in [5.41, 5.74) is 2.23. The Bertz CT molecular complexity index is 413. The normalized spacial score (nSPS) is 17.3. The maximum atomic E-state index is 13.3. The SMILES string of the molecule is CNCC1(CN(C)c2ccc(F)c(C)c2)CCC1. The molecule has 1 aliphatic rings. The van der Waals surface area contributed by atoms with Crippen molar-refractivity contribution in [1.29, 1.82) is 0 Å². The molecule has 2 rings (SSSR count). The summed E-state index contributed by atoms with van der Waals surface area (Å²) in [5.74, 6) is -0.124.